The van der Waals surface area contributed by atoms with Crippen molar-refractivity contribution in [1.29, 1.82) is 0 Å². The van der Waals surface area contributed by atoms with Crippen LogP contribution in [-0.4, -0.2) is 16.0 Å². The monoisotopic (exact) mass is 412 g/mol. The maximum absolute atomic E-state index is 14.1. The summed E-state index contributed by atoms with van der Waals surface area (Å²) in [5.41, 5.74) is 3.20. The molecule has 3 nitrogen and oxygen atoms in total. The van der Waals surface area contributed by atoms with Crippen LogP contribution in [0.2, 0.25) is 0 Å². The number of nitrogens with zero attached hydrogens (tertiary/aromatic N) is 1. The van der Waals surface area contributed by atoms with E-state index in [-0.39, 0.29) is 18.1 Å². The highest BCUT2D eigenvalue weighted by Crippen LogP contribution is 2.28. The fourth-order valence-electron chi connectivity index (χ4n) is 3.57. The van der Waals surface area contributed by atoms with Crippen molar-refractivity contribution in [3.8, 4) is 0 Å². The Morgan fingerprint density at radius 1 is 1.30 bits per heavy atom. The van der Waals surface area contributed by atoms with E-state index < -0.39 is 11.6 Å². The summed E-state index contributed by atoms with van der Waals surface area (Å²) in [6.07, 6.45) is 11.1. The van der Waals surface area contributed by atoms with Crippen molar-refractivity contribution in [2.75, 3.05) is 0 Å². The second-order valence-corrected chi connectivity index (χ2v) is 7.38. The number of H-pyrrole nitrogens is 1. The van der Waals surface area contributed by atoms with Gasteiger partial charge >= 0.3 is 0 Å². The van der Waals surface area contributed by atoms with Crippen LogP contribution in [0.4, 0.5) is 8.78 Å². The van der Waals surface area contributed by atoms with Crippen LogP contribution in [0.25, 0.3) is 5.57 Å². The van der Waals surface area contributed by atoms with E-state index in [2.05, 4.69) is 16.8 Å². The van der Waals surface area contributed by atoms with Crippen molar-refractivity contribution < 1.29 is 13.6 Å². The summed E-state index contributed by atoms with van der Waals surface area (Å²) in [6.45, 7) is 7.67. The first-order chi connectivity index (χ1) is 14.5. The Morgan fingerprint density at radius 2 is 2.10 bits per heavy atom. The first-order valence-electron chi connectivity index (χ1n) is 10.4. The lowest BCUT2D eigenvalue weighted by atomic mass is 9.88. The van der Waals surface area contributed by atoms with Gasteiger partial charge in [-0.1, -0.05) is 50.3 Å². The number of ketones is 1. The average Bonchev–Trinajstić information content (AvgIpc) is 3.16. The van der Waals surface area contributed by atoms with Crippen LogP contribution in [0.1, 0.15) is 68.8 Å². The number of aromatic nitrogens is 2. The molecular weight excluding hydrogens is 382 g/mol. The second kappa shape index (κ2) is 12.0. The van der Waals surface area contributed by atoms with E-state index >= 15 is 0 Å². The van der Waals surface area contributed by atoms with Crippen molar-refractivity contribution in [2.24, 2.45) is 0 Å². The Morgan fingerprint density at radius 3 is 2.77 bits per heavy atom. The first kappa shape index (κ1) is 23.5. The standard InChI is InChI=1S/C25H30F2N2O/c1-4-8-18(9-5-2)25-17-21(28-29-25)11-7-12-22(30)15-19(10-6-3)23-14-13-20(26)16-24(23)27/h4-5,8-9,13-14,16-17,19H,1,6-7,10-12,15H2,2-3H3,(H,28,29)/b9-5-,18-8+. The molecule has 0 aliphatic rings. The molecule has 0 spiro atoms. The number of benzene rings is 1. The van der Waals surface area contributed by atoms with Crippen LogP contribution in [-0.2, 0) is 11.2 Å². The number of carbonyl (C=O) groups excluding carboxylic acids is 1. The summed E-state index contributed by atoms with van der Waals surface area (Å²) in [6, 6.07) is 5.59. The summed E-state index contributed by atoms with van der Waals surface area (Å²) in [5.74, 6) is -1.29. The fourth-order valence-corrected chi connectivity index (χ4v) is 3.57. The Labute approximate surface area is 177 Å². The number of allylic oxidation sites excluding steroid dienone is 5. The highest BCUT2D eigenvalue weighted by atomic mass is 19.1. The molecule has 0 radical (unpaired) electrons. The third-order valence-electron chi connectivity index (χ3n) is 4.99. The maximum Gasteiger partial charge on any atom is 0.133 e. The van der Waals surface area contributed by atoms with E-state index in [9.17, 15) is 13.6 Å². The molecule has 1 aromatic heterocycles. The Bertz CT molecular complexity index is 912. The van der Waals surface area contributed by atoms with Gasteiger partial charge in [0.2, 0.25) is 0 Å². The molecule has 0 amide bonds. The van der Waals surface area contributed by atoms with Crippen molar-refractivity contribution >= 4 is 11.4 Å². The lowest BCUT2D eigenvalue weighted by Crippen LogP contribution is -2.09. The molecule has 0 aliphatic carbocycles. The number of hydrogen-bond acceptors (Lipinski definition) is 2. The van der Waals surface area contributed by atoms with Gasteiger partial charge in [-0.15, -0.1) is 0 Å². The van der Waals surface area contributed by atoms with Crippen LogP contribution in [0, 0.1) is 11.6 Å². The molecule has 2 rings (SSSR count). The molecule has 5 heteroatoms. The predicted molar refractivity (Wildman–Crippen MR) is 118 cm³/mol. The minimum absolute atomic E-state index is 0.0954. The Hall–Kier alpha value is -2.82. The summed E-state index contributed by atoms with van der Waals surface area (Å²) in [4.78, 5) is 12.5. The number of aryl methyl sites for hydroxylation is 1. The lowest BCUT2D eigenvalue weighted by Gasteiger charge is -2.16. The zero-order valence-electron chi connectivity index (χ0n) is 17.8. The number of nitrogens with one attached hydrogen (secondary N) is 1. The van der Waals surface area contributed by atoms with Gasteiger partial charge in [-0.3, -0.25) is 9.89 Å². The summed E-state index contributed by atoms with van der Waals surface area (Å²) in [7, 11) is 0. The molecule has 1 unspecified atom stereocenters. The van der Waals surface area contributed by atoms with Gasteiger partial charge in [0.05, 0.1) is 5.69 Å². The molecule has 30 heavy (non-hydrogen) atoms. The van der Waals surface area contributed by atoms with Gasteiger partial charge in [0.1, 0.15) is 17.4 Å². The number of Topliss-reactive ketones (excluding diaryl/α,β-unsaturated/α-hetero) is 1. The van der Waals surface area contributed by atoms with E-state index in [1.54, 1.807) is 6.08 Å². The molecule has 1 N–H and O–H groups in total. The van der Waals surface area contributed by atoms with Gasteiger partial charge in [-0.2, -0.15) is 5.10 Å². The van der Waals surface area contributed by atoms with Crippen molar-refractivity contribution in [3.63, 3.8) is 0 Å². The van der Waals surface area contributed by atoms with E-state index in [1.807, 2.05) is 38.1 Å². The number of carbonyl (C=O) groups is 1. The highest BCUT2D eigenvalue weighted by Gasteiger charge is 2.19. The summed E-state index contributed by atoms with van der Waals surface area (Å²) < 4.78 is 27.3. The Kier molecular flexibility index (Phi) is 9.39. The minimum atomic E-state index is -0.600. The molecule has 2 aromatic rings. The van der Waals surface area contributed by atoms with Crippen LogP contribution in [0.5, 0.6) is 0 Å². The van der Waals surface area contributed by atoms with Crippen molar-refractivity contribution in [3.05, 3.63) is 83.7 Å². The molecule has 0 fully saturated rings. The third kappa shape index (κ3) is 6.90. The molecule has 0 saturated heterocycles. The molecular formula is C25H30F2N2O. The van der Waals surface area contributed by atoms with Gasteiger partial charge in [-0.25, -0.2) is 8.78 Å². The molecule has 1 aromatic carbocycles. The first-order valence-corrected chi connectivity index (χ1v) is 10.4. The fraction of sp³-hybridized carbons (Fsp3) is 0.360. The van der Waals surface area contributed by atoms with Gasteiger partial charge in [0.25, 0.3) is 0 Å². The minimum Gasteiger partial charge on any atom is -0.300 e. The van der Waals surface area contributed by atoms with Crippen LogP contribution in [0.3, 0.4) is 0 Å². The predicted octanol–water partition coefficient (Wildman–Crippen LogP) is 6.70. The summed E-state index contributed by atoms with van der Waals surface area (Å²) in [5, 5.41) is 7.35. The second-order valence-electron chi connectivity index (χ2n) is 7.38. The van der Waals surface area contributed by atoms with E-state index in [0.29, 0.717) is 31.2 Å². The maximum atomic E-state index is 14.1. The van der Waals surface area contributed by atoms with E-state index in [4.69, 9.17) is 0 Å². The van der Waals surface area contributed by atoms with Crippen molar-refractivity contribution in [1.82, 2.24) is 10.2 Å². The zero-order valence-corrected chi connectivity index (χ0v) is 17.8. The molecule has 0 saturated carbocycles. The highest BCUT2D eigenvalue weighted by molar-refractivity contribution is 5.79. The average molecular weight is 413 g/mol. The zero-order chi connectivity index (χ0) is 21.9. The number of hydrogen-bond donors (Lipinski definition) is 1. The van der Waals surface area contributed by atoms with Gasteiger partial charge in [0, 0.05) is 30.2 Å². The molecule has 1 atom stereocenters. The van der Waals surface area contributed by atoms with Gasteiger partial charge < -0.3 is 0 Å². The van der Waals surface area contributed by atoms with Crippen molar-refractivity contribution in [2.45, 2.75) is 58.3 Å². The number of halogens is 2. The summed E-state index contributed by atoms with van der Waals surface area (Å²) >= 11 is 0. The third-order valence-corrected chi connectivity index (χ3v) is 4.99. The SMILES string of the molecule is C=C/C=C(\C=C/C)c1cc(CCCC(=O)CC(CCC)c2ccc(F)cc2F)[nH]n1. The van der Waals surface area contributed by atoms with Crippen LogP contribution < -0.4 is 0 Å². The lowest BCUT2D eigenvalue weighted by molar-refractivity contribution is -0.119. The Balaban J connectivity index is 1.92. The topological polar surface area (TPSA) is 45.8 Å². The van der Waals surface area contributed by atoms with Crippen LogP contribution in [0.15, 0.2) is 55.1 Å². The molecule has 1 heterocycles. The molecule has 0 bridgehead atoms. The largest absolute Gasteiger partial charge is 0.300 e. The smallest absolute Gasteiger partial charge is 0.133 e. The van der Waals surface area contributed by atoms with Gasteiger partial charge in [0.15, 0.2) is 0 Å². The number of rotatable bonds is 12. The normalized spacial score (nSPS) is 13.0. The van der Waals surface area contributed by atoms with E-state index in [0.717, 1.165) is 29.4 Å². The molecule has 160 valence electrons. The quantitative estimate of drug-likeness (QED) is 0.394. The van der Waals surface area contributed by atoms with Crippen LogP contribution >= 0.6 is 0 Å². The van der Waals surface area contributed by atoms with Gasteiger partial charge in [-0.05, 0) is 49.8 Å². The number of aromatic amines is 1. The van der Waals surface area contributed by atoms with E-state index in [1.165, 1.54) is 12.1 Å². The molecule has 0 aliphatic heterocycles.